The van der Waals surface area contributed by atoms with Crippen LogP contribution < -0.4 is 0 Å². The maximum absolute atomic E-state index is 11.9. The minimum absolute atomic E-state index is 0.185. The highest BCUT2D eigenvalue weighted by atomic mass is 79.9. The third-order valence-electron chi connectivity index (χ3n) is 2.36. The van der Waals surface area contributed by atoms with Crippen LogP contribution in [-0.2, 0) is 11.2 Å². The lowest BCUT2D eigenvalue weighted by Gasteiger charge is -2.19. The van der Waals surface area contributed by atoms with E-state index in [2.05, 4.69) is 31.9 Å². The Kier molecular flexibility index (Phi) is 6.06. The summed E-state index contributed by atoms with van der Waals surface area (Å²) in [5, 5.41) is 0.826. The van der Waals surface area contributed by atoms with Crippen molar-refractivity contribution in [2.75, 3.05) is 18.4 Å². The van der Waals surface area contributed by atoms with E-state index < -0.39 is 0 Å². The minimum atomic E-state index is 0.185. The number of hydrogen-bond acceptors (Lipinski definition) is 1. The van der Waals surface area contributed by atoms with E-state index in [1.807, 2.05) is 36.1 Å². The first-order valence-electron chi connectivity index (χ1n) is 5.25. The number of halogens is 2. The van der Waals surface area contributed by atoms with Crippen LogP contribution in [0.3, 0.4) is 0 Å². The zero-order valence-corrected chi connectivity index (χ0v) is 12.4. The number of nitrogens with zero attached hydrogens (tertiary/aromatic N) is 1. The Hall–Kier alpha value is -0.350. The second-order valence-electron chi connectivity index (χ2n) is 3.47. The lowest BCUT2D eigenvalue weighted by atomic mass is 10.1. The molecule has 0 spiro atoms. The van der Waals surface area contributed by atoms with E-state index in [0.717, 1.165) is 28.5 Å². The van der Waals surface area contributed by atoms with E-state index in [-0.39, 0.29) is 5.91 Å². The number of carbonyl (C=O) groups is 1. The molecule has 0 fully saturated rings. The molecule has 0 radical (unpaired) electrons. The standard InChI is InChI=1S/C12H15Br2NO/c1-2-15(8-7-13)12(16)9-10-3-5-11(14)6-4-10/h3-6H,2,7-9H2,1H3. The summed E-state index contributed by atoms with van der Waals surface area (Å²) in [4.78, 5) is 13.8. The van der Waals surface area contributed by atoms with E-state index in [0.29, 0.717) is 6.42 Å². The molecular weight excluding hydrogens is 334 g/mol. The van der Waals surface area contributed by atoms with Crippen LogP contribution in [-0.4, -0.2) is 29.2 Å². The molecular formula is C12H15Br2NO. The molecule has 0 aromatic heterocycles. The maximum atomic E-state index is 11.9. The smallest absolute Gasteiger partial charge is 0.227 e. The van der Waals surface area contributed by atoms with E-state index in [1.54, 1.807) is 0 Å². The molecule has 0 aliphatic heterocycles. The van der Waals surface area contributed by atoms with Gasteiger partial charge in [0.15, 0.2) is 0 Å². The molecule has 1 aromatic rings. The van der Waals surface area contributed by atoms with Crippen molar-refractivity contribution < 1.29 is 4.79 Å². The molecule has 88 valence electrons. The summed E-state index contributed by atoms with van der Waals surface area (Å²) < 4.78 is 1.04. The third-order valence-corrected chi connectivity index (χ3v) is 3.24. The molecule has 0 saturated heterocycles. The van der Waals surface area contributed by atoms with Crippen LogP contribution in [0, 0.1) is 0 Å². The molecule has 1 rings (SSSR count). The Morgan fingerprint density at radius 1 is 1.31 bits per heavy atom. The van der Waals surface area contributed by atoms with Gasteiger partial charge in [0, 0.05) is 22.9 Å². The molecule has 0 aliphatic carbocycles. The van der Waals surface area contributed by atoms with E-state index in [4.69, 9.17) is 0 Å². The van der Waals surface area contributed by atoms with Gasteiger partial charge < -0.3 is 4.90 Å². The fourth-order valence-electron chi connectivity index (χ4n) is 1.45. The number of rotatable bonds is 5. The van der Waals surface area contributed by atoms with Crippen molar-refractivity contribution in [3.63, 3.8) is 0 Å². The first-order chi connectivity index (χ1) is 7.67. The first-order valence-corrected chi connectivity index (χ1v) is 7.17. The monoisotopic (exact) mass is 347 g/mol. The summed E-state index contributed by atoms with van der Waals surface area (Å²) >= 11 is 6.73. The number of likely N-dealkylation sites (N-methyl/N-ethyl adjacent to an activating group) is 1. The minimum Gasteiger partial charge on any atom is -0.342 e. The van der Waals surface area contributed by atoms with Gasteiger partial charge in [0.1, 0.15) is 0 Å². The highest BCUT2D eigenvalue weighted by molar-refractivity contribution is 9.10. The van der Waals surface area contributed by atoms with Gasteiger partial charge in [0.05, 0.1) is 6.42 Å². The topological polar surface area (TPSA) is 20.3 Å². The Balaban J connectivity index is 2.59. The summed E-state index contributed by atoms with van der Waals surface area (Å²) in [6.07, 6.45) is 0.480. The molecule has 16 heavy (non-hydrogen) atoms. The zero-order valence-electron chi connectivity index (χ0n) is 9.25. The number of alkyl halides is 1. The predicted octanol–water partition coefficient (Wildman–Crippen LogP) is 3.24. The Labute approximate surface area is 113 Å². The van der Waals surface area contributed by atoms with E-state index >= 15 is 0 Å². The molecule has 0 aliphatic rings. The summed E-state index contributed by atoms with van der Waals surface area (Å²) in [6.45, 7) is 3.54. The predicted molar refractivity (Wildman–Crippen MR) is 73.9 cm³/mol. The molecule has 4 heteroatoms. The van der Waals surface area contributed by atoms with Crippen LogP contribution in [0.2, 0.25) is 0 Å². The van der Waals surface area contributed by atoms with Crippen molar-refractivity contribution in [3.05, 3.63) is 34.3 Å². The van der Waals surface area contributed by atoms with Crippen molar-refractivity contribution >= 4 is 37.8 Å². The van der Waals surface area contributed by atoms with Gasteiger partial charge in [-0.2, -0.15) is 0 Å². The van der Waals surface area contributed by atoms with E-state index in [9.17, 15) is 4.79 Å². The third kappa shape index (κ3) is 4.26. The lowest BCUT2D eigenvalue weighted by Crippen LogP contribution is -2.33. The first kappa shape index (κ1) is 13.7. The Bertz CT molecular complexity index is 337. The zero-order chi connectivity index (χ0) is 12.0. The molecule has 0 saturated carbocycles. The number of hydrogen-bond donors (Lipinski definition) is 0. The molecule has 0 atom stereocenters. The van der Waals surface area contributed by atoms with Gasteiger partial charge >= 0.3 is 0 Å². The number of amides is 1. The summed E-state index contributed by atoms with van der Waals surface area (Å²) in [5.74, 6) is 0.185. The number of benzene rings is 1. The second kappa shape index (κ2) is 7.07. The molecule has 0 N–H and O–H groups in total. The fourth-order valence-corrected chi connectivity index (χ4v) is 2.14. The maximum Gasteiger partial charge on any atom is 0.227 e. The van der Waals surface area contributed by atoms with Crippen LogP contribution in [0.1, 0.15) is 12.5 Å². The van der Waals surface area contributed by atoms with Crippen LogP contribution in [0.15, 0.2) is 28.7 Å². The van der Waals surface area contributed by atoms with E-state index in [1.165, 1.54) is 0 Å². The van der Waals surface area contributed by atoms with Gasteiger partial charge in [-0.15, -0.1) is 0 Å². The van der Waals surface area contributed by atoms with Gasteiger partial charge in [-0.1, -0.05) is 44.0 Å². The van der Waals surface area contributed by atoms with Gasteiger partial charge in [-0.05, 0) is 24.6 Å². The second-order valence-corrected chi connectivity index (χ2v) is 5.17. The molecule has 0 bridgehead atoms. The molecule has 0 unspecified atom stereocenters. The average Bonchev–Trinajstić information content (AvgIpc) is 2.29. The highest BCUT2D eigenvalue weighted by Crippen LogP contribution is 2.11. The SMILES string of the molecule is CCN(CCBr)C(=O)Cc1ccc(Br)cc1. The van der Waals surface area contributed by atoms with Crippen LogP contribution in [0.4, 0.5) is 0 Å². The average molecular weight is 349 g/mol. The quantitative estimate of drug-likeness (QED) is 0.748. The van der Waals surface area contributed by atoms with Crippen LogP contribution in [0.25, 0.3) is 0 Å². The van der Waals surface area contributed by atoms with Crippen molar-refractivity contribution in [2.24, 2.45) is 0 Å². The van der Waals surface area contributed by atoms with Crippen molar-refractivity contribution in [1.29, 1.82) is 0 Å². The highest BCUT2D eigenvalue weighted by Gasteiger charge is 2.11. The largest absolute Gasteiger partial charge is 0.342 e. The summed E-state index contributed by atoms with van der Waals surface area (Å²) in [6, 6.07) is 7.88. The fraction of sp³-hybridized carbons (Fsp3) is 0.417. The van der Waals surface area contributed by atoms with Crippen LogP contribution >= 0.6 is 31.9 Å². The Morgan fingerprint density at radius 3 is 2.44 bits per heavy atom. The van der Waals surface area contributed by atoms with Gasteiger partial charge in [0.25, 0.3) is 0 Å². The summed E-state index contributed by atoms with van der Waals surface area (Å²) in [7, 11) is 0. The van der Waals surface area contributed by atoms with Crippen LogP contribution in [0.5, 0.6) is 0 Å². The molecule has 0 heterocycles. The number of carbonyl (C=O) groups excluding carboxylic acids is 1. The lowest BCUT2D eigenvalue weighted by molar-refractivity contribution is -0.130. The molecule has 1 aromatic carbocycles. The Morgan fingerprint density at radius 2 is 1.94 bits per heavy atom. The normalized spacial score (nSPS) is 10.2. The van der Waals surface area contributed by atoms with Gasteiger partial charge in [-0.25, -0.2) is 0 Å². The van der Waals surface area contributed by atoms with Crippen molar-refractivity contribution in [1.82, 2.24) is 4.90 Å². The summed E-state index contributed by atoms with van der Waals surface area (Å²) in [5.41, 5.74) is 1.06. The van der Waals surface area contributed by atoms with Crippen molar-refractivity contribution in [2.45, 2.75) is 13.3 Å². The molecule has 2 nitrogen and oxygen atoms in total. The van der Waals surface area contributed by atoms with Crippen molar-refractivity contribution in [3.8, 4) is 0 Å². The van der Waals surface area contributed by atoms with Gasteiger partial charge in [-0.3, -0.25) is 4.79 Å². The van der Waals surface area contributed by atoms with Gasteiger partial charge in [0.2, 0.25) is 5.91 Å². The molecule has 1 amide bonds.